The molecule has 0 amide bonds. The number of nitrogen functional groups attached to an aromatic ring is 1. The van der Waals surface area contributed by atoms with Gasteiger partial charge < -0.3 is 5.43 Å². The van der Waals surface area contributed by atoms with Crippen LogP contribution >= 0.6 is 35.0 Å². The third kappa shape index (κ3) is 2.63. The molecule has 0 radical (unpaired) electrons. The number of nitrogens with two attached hydrogens (primary N) is 1. The smallest absolute Gasteiger partial charge is 0.192 e. The molecule has 0 atom stereocenters. The van der Waals surface area contributed by atoms with Gasteiger partial charge in [-0.2, -0.15) is 5.10 Å². The van der Waals surface area contributed by atoms with Gasteiger partial charge >= 0.3 is 0 Å². The first kappa shape index (κ1) is 12.4. The van der Waals surface area contributed by atoms with Gasteiger partial charge in [-0.1, -0.05) is 23.2 Å². The summed E-state index contributed by atoms with van der Waals surface area (Å²) >= 11 is 13.2. The third-order valence-corrected chi connectivity index (χ3v) is 3.64. The van der Waals surface area contributed by atoms with E-state index < -0.39 is 0 Å². The van der Waals surface area contributed by atoms with Gasteiger partial charge in [0.2, 0.25) is 0 Å². The Hall–Kier alpha value is -1.02. The summed E-state index contributed by atoms with van der Waals surface area (Å²) in [6.07, 6.45) is 1.45. The molecule has 0 aliphatic carbocycles. The topological polar surface area (TPSA) is 81.7 Å². The summed E-state index contributed by atoms with van der Waals surface area (Å²) in [5.41, 5.74) is 2.40. The number of hydrogen-bond donors (Lipinski definition) is 2. The first-order valence-electron chi connectivity index (χ1n) is 4.46. The van der Waals surface area contributed by atoms with Crippen LogP contribution in [0.4, 0.5) is 5.82 Å². The number of rotatable bonds is 3. The summed E-state index contributed by atoms with van der Waals surface area (Å²) in [6.45, 7) is 0. The molecular weight excluding hydrogens is 283 g/mol. The van der Waals surface area contributed by atoms with E-state index >= 15 is 0 Å². The average molecular weight is 291 g/mol. The molecule has 0 aromatic carbocycles. The molecule has 0 aliphatic rings. The van der Waals surface area contributed by atoms with Crippen molar-refractivity contribution in [1.29, 1.82) is 0 Å². The second-order valence-corrected chi connectivity index (χ2v) is 4.79. The molecule has 2 heterocycles. The quantitative estimate of drug-likeness (QED) is 0.664. The van der Waals surface area contributed by atoms with Gasteiger partial charge in [-0.3, -0.25) is 0 Å². The van der Waals surface area contributed by atoms with Crippen molar-refractivity contribution in [2.75, 3.05) is 5.43 Å². The first-order chi connectivity index (χ1) is 8.11. The van der Waals surface area contributed by atoms with Crippen LogP contribution in [0.5, 0.6) is 0 Å². The van der Waals surface area contributed by atoms with Crippen LogP contribution in [0.15, 0.2) is 22.6 Å². The van der Waals surface area contributed by atoms with E-state index in [1.54, 1.807) is 17.8 Å². The van der Waals surface area contributed by atoms with Crippen LogP contribution in [0.3, 0.4) is 0 Å². The molecule has 90 valence electrons. The number of anilines is 1. The van der Waals surface area contributed by atoms with Crippen LogP contribution in [0, 0.1) is 0 Å². The van der Waals surface area contributed by atoms with E-state index in [0.717, 1.165) is 0 Å². The Morgan fingerprint density at radius 3 is 2.76 bits per heavy atom. The van der Waals surface area contributed by atoms with Gasteiger partial charge in [0.25, 0.3) is 0 Å². The number of nitrogens with zero attached hydrogens (tertiary/aromatic N) is 4. The molecular formula is C8H8Cl2N6S. The maximum atomic E-state index is 6.03. The van der Waals surface area contributed by atoms with E-state index in [1.807, 2.05) is 0 Å². The van der Waals surface area contributed by atoms with Crippen molar-refractivity contribution in [1.82, 2.24) is 19.7 Å². The fourth-order valence-electron chi connectivity index (χ4n) is 1.09. The second kappa shape index (κ2) is 5.09. The molecule has 0 fully saturated rings. The van der Waals surface area contributed by atoms with Gasteiger partial charge in [-0.25, -0.2) is 20.5 Å². The molecule has 2 aromatic rings. The Morgan fingerprint density at radius 2 is 2.18 bits per heavy atom. The Labute approximate surface area is 111 Å². The minimum Gasteiger partial charge on any atom is -0.307 e. The number of pyridine rings is 1. The third-order valence-electron chi connectivity index (χ3n) is 1.89. The number of aromatic nitrogens is 4. The highest BCUT2D eigenvalue weighted by Crippen LogP contribution is 2.34. The standard InChI is InChI=1S/C8H8Cl2N6S/c1-16-8(12-3-13-16)17-7-5(10)2-4(9)6(14-7)15-11/h2-3H,11H2,1H3,(H,14,15). The number of hydrogen-bond acceptors (Lipinski definition) is 6. The highest BCUT2D eigenvalue weighted by Gasteiger charge is 2.12. The van der Waals surface area contributed by atoms with Crippen molar-refractivity contribution in [3.63, 3.8) is 0 Å². The van der Waals surface area contributed by atoms with Crippen molar-refractivity contribution >= 4 is 40.8 Å². The van der Waals surface area contributed by atoms with Gasteiger partial charge in [-0.15, -0.1) is 0 Å². The lowest BCUT2D eigenvalue weighted by atomic mass is 10.4. The number of halogens is 2. The summed E-state index contributed by atoms with van der Waals surface area (Å²) in [7, 11) is 1.78. The second-order valence-electron chi connectivity index (χ2n) is 3.02. The zero-order chi connectivity index (χ0) is 12.4. The van der Waals surface area contributed by atoms with Gasteiger partial charge in [0.15, 0.2) is 11.0 Å². The number of nitrogens with one attached hydrogen (secondary N) is 1. The van der Waals surface area contributed by atoms with Crippen molar-refractivity contribution in [3.8, 4) is 0 Å². The molecule has 6 nitrogen and oxygen atoms in total. The molecule has 9 heteroatoms. The Bertz CT molecular complexity index is 543. The van der Waals surface area contributed by atoms with Gasteiger partial charge in [-0.05, 0) is 17.8 Å². The lowest BCUT2D eigenvalue weighted by Crippen LogP contribution is -2.09. The minimum absolute atomic E-state index is 0.361. The molecule has 0 saturated heterocycles. The van der Waals surface area contributed by atoms with Crippen molar-refractivity contribution in [2.24, 2.45) is 12.9 Å². The molecule has 2 aromatic heterocycles. The molecule has 17 heavy (non-hydrogen) atoms. The van der Waals surface area contributed by atoms with Crippen LogP contribution < -0.4 is 11.3 Å². The molecule has 0 saturated carbocycles. The normalized spacial score (nSPS) is 10.6. The summed E-state index contributed by atoms with van der Waals surface area (Å²) in [4.78, 5) is 8.25. The van der Waals surface area contributed by atoms with E-state index in [0.29, 0.717) is 26.0 Å². The van der Waals surface area contributed by atoms with Crippen LogP contribution in [0.1, 0.15) is 0 Å². The Kier molecular flexibility index (Phi) is 3.72. The minimum atomic E-state index is 0.361. The van der Waals surface area contributed by atoms with Gasteiger partial charge in [0.05, 0.1) is 10.0 Å². The van der Waals surface area contributed by atoms with Crippen LogP contribution in [0.25, 0.3) is 0 Å². The first-order valence-corrected chi connectivity index (χ1v) is 6.03. The van der Waals surface area contributed by atoms with E-state index in [-0.39, 0.29) is 0 Å². The summed E-state index contributed by atoms with van der Waals surface area (Å²) < 4.78 is 1.62. The predicted molar refractivity (Wildman–Crippen MR) is 67.2 cm³/mol. The average Bonchev–Trinajstić information content (AvgIpc) is 2.68. The number of aryl methyl sites for hydroxylation is 1. The molecule has 2 rings (SSSR count). The number of hydrazine groups is 1. The van der Waals surface area contributed by atoms with Gasteiger partial charge in [0, 0.05) is 7.05 Å². The van der Waals surface area contributed by atoms with E-state index in [1.165, 1.54) is 18.1 Å². The molecule has 0 bridgehead atoms. The fraction of sp³-hybridized carbons (Fsp3) is 0.125. The zero-order valence-corrected chi connectivity index (χ0v) is 11.0. The van der Waals surface area contributed by atoms with Crippen LogP contribution in [-0.4, -0.2) is 19.7 Å². The highest BCUT2D eigenvalue weighted by molar-refractivity contribution is 7.99. The van der Waals surface area contributed by atoms with Crippen molar-refractivity contribution in [3.05, 3.63) is 22.4 Å². The lowest BCUT2D eigenvalue weighted by molar-refractivity contribution is 0.684. The maximum absolute atomic E-state index is 6.03. The lowest BCUT2D eigenvalue weighted by Gasteiger charge is -2.07. The van der Waals surface area contributed by atoms with Crippen molar-refractivity contribution < 1.29 is 0 Å². The van der Waals surface area contributed by atoms with E-state index in [4.69, 9.17) is 29.0 Å². The van der Waals surface area contributed by atoms with Gasteiger partial charge in [0.1, 0.15) is 11.4 Å². The predicted octanol–water partition coefficient (Wildman–Crippen LogP) is 1.95. The van der Waals surface area contributed by atoms with Crippen molar-refractivity contribution in [2.45, 2.75) is 10.2 Å². The Balaban J connectivity index is 2.36. The SMILES string of the molecule is Cn1ncnc1Sc1nc(NN)c(Cl)cc1Cl. The van der Waals surface area contributed by atoms with Crippen LogP contribution in [0.2, 0.25) is 10.0 Å². The summed E-state index contributed by atoms with van der Waals surface area (Å²) in [5.74, 6) is 5.65. The largest absolute Gasteiger partial charge is 0.307 e. The van der Waals surface area contributed by atoms with E-state index in [2.05, 4.69) is 20.5 Å². The fourth-order valence-corrected chi connectivity index (χ4v) is 2.36. The molecule has 0 unspecified atom stereocenters. The highest BCUT2D eigenvalue weighted by atomic mass is 35.5. The Morgan fingerprint density at radius 1 is 1.41 bits per heavy atom. The van der Waals surface area contributed by atoms with Crippen LogP contribution in [-0.2, 0) is 7.05 Å². The summed E-state index contributed by atoms with van der Waals surface area (Å²) in [5, 5.41) is 5.97. The maximum Gasteiger partial charge on any atom is 0.192 e. The molecule has 3 N–H and O–H groups in total. The molecule has 0 spiro atoms. The molecule has 0 aliphatic heterocycles. The van der Waals surface area contributed by atoms with E-state index in [9.17, 15) is 0 Å². The monoisotopic (exact) mass is 290 g/mol. The summed E-state index contributed by atoms with van der Waals surface area (Å²) in [6, 6.07) is 1.57. The zero-order valence-electron chi connectivity index (χ0n) is 8.69.